The molecule has 0 atom stereocenters. The summed E-state index contributed by atoms with van der Waals surface area (Å²) in [5.74, 6) is 0.636. The van der Waals surface area contributed by atoms with Gasteiger partial charge >= 0.3 is 6.01 Å². The summed E-state index contributed by atoms with van der Waals surface area (Å²) in [4.78, 5) is 8.55. The number of rotatable bonds is 3. The number of thiocarbonyl (C=S) groups is 1. The van der Waals surface area contributed by atoms with Gasteiger partial charge in [-0.1, -0.05) is 24.4 Å². The van der Waals surface area contributed by atoms with Crippen molar-refractivity contribution in [3.05, 3.63) is 46.2 Å². The quantitative estimate of drug-likeness (QED) is 0.880. The topological polar surface area (TPSA) is 61.0 Å². The first kappa shape index (κ1) is 12.9. The Hall–Kier alpha value is -1.53. The van der Waals surface area contributed by atoms with Gasteiger partial charge in [0.05, 0.1) is 4.47 Å². The highest BCUT2D eigenvalue weighted by Crippen LogP contribution is 2.27. The maximum atomic E-state index is 5.60. The Labute approximate surface area is 118 Å². The van der Waals surface area contributed by atoms with Gasteiger partial charge in [0.2, 0.25) is 0 Å². The van der Waals surface area contributed by atoms with Crippen molar-refractivity contribution in [2.24, 2.45) is 5.73 Å². The lowest BCUT2D eigenvalue weighted by Crippen LogP contribution is -2.13. The van der Waals surface area contributed by atoms with Crippen molar-refractivity contribution in [3.8, 4) is 11.8 Å². The second-order valence-electron chi connectivity index (χ2n) is 3.57. The molecule has 1 aromatic heterocycles. The van der Waals surface area contributed by atoms with Gasteiger partial charge in [0.1, 0.15) is 16.4 Å². The lowest BCUT2D eigenvalue weighted by Gasteiger charge is -2.07. The smallest absolute Gasteiger partial charge is 0.322 e. The molecule has 0 aliphatic rings. The van der Waals surface area contributed by atoms with Gasteiger partial charge in [-0.05, 0) is 41.1 Å². The summed E-state index contributed by atoms with van der Waals surface area (Å²) in [5.41, 5.74) is 6.80. The van der Waals surface area contributed by atoms with Gasteiger partial charge < -0.3 is 10.5 Å². The number of nitrogens with two attached hydrogens (primary N) is 1. The van der Waals surface area contributed by atoms with Crippen LogP contribution in [0.1, 0.15) is 11.4 Å². The van der Waals surface area contributed by atoms with Crippen LogP contribution in [0.15, 0.2) is 34.8 Å². The van der Waals surface area contributed by atoms with Gasteiger partial charge in [0.25, 0.3) is 0 Å². The van der Waals surface area contributed by atoms with Crippen LogP contribution in [-0.4, -0.2) is 15.0 Å². The monoisotopic (exact) mass is 323 g/mol. The summed E-state index contributed by atoms with van der Waals surface area (Å²) in [7, 11) is 0. The maximum Gasteiger partial charge on any atom is 0.322 e. The number of ether oxygens (including phenoxy) is 1. The first-order chi connectivity index (χ1) is 8.56. The summed E-state index contributed by atoms with van der Waals surface area (Å²) < 4.78 is 6.42. The lowest BCUT2D eigenvalue weighted by molar-refractivity contribution is 0.437. The molecule has 0 aliphatic heterocycles. The van der Waals surface area contributed by atoms with Crippen LogP contribution >= 0.6 is 28.1 Å². The third-order valence-corrected chi connectivity index (χ3v) is 2.99. The predicted molar refractivity (Wildman–Crippen MR) is 76.9 cm³/mol. The second kappa shape index (κ2) is 5.41. The Morgan fingerprint density at radius 2 is 2.06 bits per heavy atom. The van der Waals surface area contributed by atoms with Crippen LogP contribution < -0.4 is 10.5 Å². The summed E-state index contributed by atoms with van der Waals surface area (Å²) in [6, 6.07) is 9.40. The summed E-state index contributed by atoms with van der Waals surface area (Å²) in [6.45, 7) is 1.83. The molecule has 2 rings (SSSR count). The highest BCUT2D eigenvalue weighted by Gasteiger charge is 2.08. The standard InChI is InChI=1S/C12H10BrN3OS/c1-7-6-9(11(14)18)16-12(15-7)17-10-5-3-2-4-8(10)13/h2-6H,1H3,(H2,14,18). The Morgan fingerprint density at radius 3 is 2.72 bits per heavy atom. The van der Waals surface area contributed by atoms with Crippen LogP contribution in [0.3, 0.4) is 0 Å². The van der Waals surface area contributed by atoms with Crippen molar-refractivity contribution >= 4 is 33.1 Å². The summed E-state index contributed by atoms with van der Waals surface area (Å²) in [5, 5.41) is 0. The molecule has 2 aromatic rings. The predicted octanol–water partition coefficient (Wildman–Crippen LogP) is 2.97. The molecule has 18 heavy (non-hydrogen) atoms. The molecule has 0 spiro atoms. The molecular weight excluding hydrogens is 314 g/mol. The minimum Gasteiger partial charge on any atom is -0.423 e. The molecule has 0 amide bonds. The molecule has 0 saturated heterocycles. The van der Waals surface area contributed by atoms with Crippen LogP contribution in [-0.2, 0) is 0 Å². The first-order valence-electron chi connectivity index (χ1n) is 5.14. The van der Waals surface area contributed by atoms with Gasteiger partial charge in [-0.3, -0.25) is 0 Å². The van der Waals surface area contributed by atoms with E-state index in [9.17, 15) is 0 Å². The van der Waals surface area contributed by atoms with Gasteiger partial charge in [-0.2, -0.15) is 4.98 Å². The fraction of sp³-hybridized carbons (Fsp3) is 0.0833. The second-order valence-corrected chi connectivity index (χ2v) is 4.87. The van der Waals surface area contributed by atoms with E-state index in [0.717, 1.165) is 10.2 Å². The molecule has 0 unspecified atom stereocenters. The molecule has 0 bridgehead atoms. The molecule has 0 radical (unpaired) electrons. The fourth-order valence-corrected chi connectivity index (χ4v) is 1.81. The summed E-state index contributed by atoms with van der Waals surface area (Å²) >= 11 is 8.28. The number of hydrogen-bond donors (Lipinski definition) is 1. The normalized spacial score (nSPS) is 10.1. The number of para-hydroxylation sites is 1. The maximum absolute atomic E-state index is 5.60. The number of benzene rings is 1. The highest BCUT2D eigenvalue weighted by atomic mass is 79.9. The Kier molecular flexibility index (Phi) is 3.88. The van der Waals surface area contributed by atoms with Gasteiger partial charge in [-0.15, -0.1) is 0 Å². The van der Waals surface area contributed by atoms with E-state index < -0.39 is 0 Å². The van der Waals surface area contributed by atoms with Crippen LogP contribution in [0, 0.1) is 6.92 Å². The number of hydrogen-bond acceptors (Lipinski definition) is 4. The van der Waals surface area contributed by atoms with E-state index in [-0.39, 0.29) is 11.0 Å². The molecule has 2 N–H and O–H groups in total. The van der Waals surface area contributed by atoms with Gasteiger partial charge in [-0.25, -0.2) is 4.98 Å². The van der Waals surface area contributed by atoms with Crippen LogP contribution in [0.4, 0.5) is 0 Å². The van der Waals surface area contributed by atoms with Crippen molar-refractivity contribution in [2.45, 2.75) is 6.92 Å². The SMILES string of the molecule is Cc1cc(C(N)=S)nc(Oc2ccccc2Br)n1. The van der Waals surface area contributed by atoms with Crippen LogP contribution in [0.2, 0.25) is 0 Å². The average molecular weight is 324 g/mol. The lowest BCUT2D eigenvalue weighted by atomic mass is 10.3. The van der Waals surface area contributed by atoms with Gasteiger partial charge in [0, 0.05) is 5.69 Å². The van der Waals surface area contributed by atoms with E-state index in [2.05, 4.69) is 25.9 Å². The molecule has 1 aromatic carbocycles. The molecular formula is C12H10BrN3OS. The van der Waals surface area contributed by atoms with E-state index >= 15 is 0 Å². The van der Waals surface area contributed by atoms with Crippen LogP contribution in [0.25, 0.3) is 0 Å². The zero-order chi connectivity index (χ0) is 13.1. The number of nitrogens with zero attached hydrogens (tertiary/aromatic N) is 2. The zero-order valence-electron chi connectivity index (χ0n) is 9.55. The molecule has 0 aliphatic carbocycles. The molecule has 92 valence electrons. The van der Waals surface area contributed by atoms with Crippen molar-refractivity contribution in [3.63, 3.8) is 0 Å². The van der Waals surface area contributed by atoms with E-state index in [4.69, 9.17) is 22.7 Å². The van der Waals surface area contributed by atoms with E-state index in [0.29, 0.717) is 11.4 Å². The van der Waals surface area contributed by atoms with Crippen molar-refractivity contribution < 1.29 is 4.74 Å². The highest BCUT2D eigenvalue weighted by molar-refractivity contribution is 9.10. The molecule has 0 fully saturated rings. The number of aryl methyl sites for hydroxylation is 1. The Morgan fingerprint density at radius 1 is 1.33 bits per heavy atom. The third-order valence-electron chi connectivity index (χ3n) is 2.12. The number of aromatic nitrogens is 2. The molecule has 0 saturated carbocycles. The fourth-order valence-electron chi connectivity index (χ4n) is 1.34. The van der Waals surface area contributed by atoms with Gasteiger partial charge in [0.15, 0.2) is 0 Å². The van der Waals surface area contributed by atoms with E-state index in [1.54, 1.807) is 6.07 Å². The van der Waals surface area contributed by atoms with Crippen LogP contribution in [0.5, 0.6) is 11.8 Å². The van der Waals surface area contributed by atoms with Crippen molar-refractivity contribution in [1.29, 1.82) is 0 Å². The largest absolute Gasteiger partial charge is 0.423 e. The first-order valence-corrected chi connectivity index (χ1v) is 6.34. The van der Waals surface area contributed by atoms with Crippen molar-refractivity contribution in [1.82, 2.24) is 9.97 Å². The zero-order valence-corrected chi connectivity index (χ0v) is 12.0. The molecule has 1 heterocycles. The molecule has 4 nitrogen and oxygen atoms in total. The third kappa shape index (κ3) is 3.02. The molecule has 6 heteroatoms. The van der Waals surface area contributed by atoms with Crippen molar-refractivity contribution in [2.75, 3.05) is 0 Å². The Bertz CT molecular complexity index is 604. The van der Waals surface area contributed by atoms with E-state index in [1.165, 1.54) is 0 Å². The average Bonchev–Trinajstić information content (AvgIpc) is 2.31. The van der Waals surface area contributed by atoms with E-state index in [1.807, 2.05) is 31.2 Å². The summed E-state index contributed by atoms with van der Waals surface area (Å²) in [6.07, 6.45) is 0. The minimum atomic E-state index is 0.220. The number of halogens is 1. The minimum absolute atomic E-state index is 0.220. The Balaban J connectivity index is 2.35.